The van der Waals surface area contributed by atoms with Gasteiger partial charge in [0.25, 0.3) is 9.05 Å². The van der Waals surface area contributed by atoms with E-state index in [-0.39, 0.29) is 11.5 Å². The lowest BCUT2D eigenvalue weighted by atomic mass is 10.0. The van der Waals surface area contributed by atoms with Crippen molar-refractivity contribution < 1.29 is 17.9 Å². The van der Waals surface area contributed by atoms with E-state index in [1.807, 2.05) is 0 Å². The topological polar surface area (TPSA) is 86.5 Å². The average molecular weight is 320 g/mol. The Kier molecular flexibility index (Phi) is 5.05. The van der Waals surface area contributed by atoms with E-state index in [9.17, 15) is 13.2 Å². The molecule has 0 aromatic heterocycles. The van der Waals surface area contributed by atoms with Crippen LogP contribution in [0.3, 0.4) is 0 Å². The first-order chi connectivity index (χ1) is 9.05. The van der Waals surface area contributed by atoms with Gasteiger partial charge < -0.3 is 10.5 Å². The van der Waals surface area contributed by atoms with Crippen LogP contribution >= 0.6 is 10.7 Å². The Bertz CT molecular complexity index is 640. The lowest BCUT2D eigenvalue weighted by Gasteiger charge is -2.17. The van der Waals surface area contributed by atoms with Gasteiger partial charge in [0, 0.05) is 10.7 Å². The van der Waals surface area contributed by atoms with Crippen molar-refractivity contribution in [3.63, 3.8) is 0 Å². The highest BCUT2D eigenvalue weighted by Gasteiger charge is 2.20. The lowest BCUT2D eigenvalue weighted by Crippen LogP contribution is -2.26. The molecule has 0 spiro atoms. The number of hydrogen-bond donors (Lipinski definition) is 1. The first kappa shape index (κ1) is 16.8. The van der Waals surface area contributed by atoms with Crippen LogP contribution < -0.4 is 10.5 Å². The van der Waals surface area contributed by atoms with Crippen molar-refractivity contribution in [2.75, 3.05) is 6.61 Å². The molecule has 0 aliphatic rings. The summed E-state index contributed by atoms with van der Waals surface area (Å²) in [6.45, 7) is 6.94. The van der Waals surface area contributed by atoms with Gasteiger partial charge in [0.2, 0.25) is 5.91 Å². The summed E-state index contributed by atoms with van der Waals surface area (Å²) in [4.78, 5) is 11.1. The van der Waals surface area contributed by atoms with Crippen molar-refractivity contribution >= 4 is 25.6 Å². The maximum absolute atomic E-state index is 11.5. The number of benzene rings is 1. The number of rotatable bonds is 5. The molecule has 1 rings (SSSR count). The quantitative estimate of drug-likeness (QED) is 0.841. The Labute approximate surface area is 123 Å². The SMILES string of the molecule is Cc1cc(S(=O)(=O)Cl)c(C)c(C)c1OCC(C)C(N)=O. The molecule has 1 unspecified atom stereocenters. The summed E-state index contributed by atoms with van der Waals surface area (Å²) in [6.07, 6.45) is 0. The van der Waals surface area contributed by atoms with Crippen molar-refractivity contribution in [1.29, 1.82) is 0 Å². The van der Waals surface area contributed by atoms with Crippen LogP contribution in [0.25, 0.3) is 0 Å². The molecule has 7 heteroatoms. The molecule has 0 heterocycles. The molecule has 0 aliphatic heterocycles. The Balaban J connectivity index is 3.18. The van der Waals surface area contributed by atoms with Gasteiger partial charge in [-0.3, -0.25) is 4.79 Å². The Hall–Kier alpha value is -1.27. The molecule has 1 amide bonds. The molecule has 0 aliphatic carbocycles. The van der Waals surface area contributed by atoms with Gasteiger partial charge in [-0.05, 0) is 43.5 Å². The second-order valence-electron chi connectivity index (χ2n) is 4.82. The maximum atomic E-state index is 11.5. The molecule has 2 N–H and O–H groups in total. The summed E-state index contributed by atoms with van der Waals surface area (Å²) in [5.74, 6) is -0.317. The van der Waals surface area contributed by atoms with Crippen LogP contribution in [-0.2, 0) is 13.8 Å². The molecule has 5 nitrogen and oxygen atoms in total. The second kappa shape index (κ2) is 6.01. The van der Waals surface area contributed by atoms with E-state index in [1.165, 1.54) is 6.07 Å². The van der Waals surface area contributed by atoms with Crippen molar-refractivity contribution in [3.8, 4) is 5.75 Å². The highest BCUT2D eigenvalue weighted by molar-refractivity contribution is 8.13. The zero-order valence-electron chi connectivity index (χ0n) is 11.9. The number of carbonyl (C=O) groups is 1. The van der Waals surface area contributed by atoms with Crippen LogP contribution in [-0.4, -0.2) is 20.9 Å². The summed E-state index contributed by atoms with van der Waals surface area (Å²) in [5, 5.41) is 0. The van der Waals surface area contributed by atoms with E-state index in [4.69, 9.17) is 21.2 Å². The van der Waals surface area contributed by atoms with Gasteiger partial charge in [0.15, 0.2) is 0 Å². The van der Waals surface area contributed by atoms with E-state index in [2.05, 4.69) is 0 Å². The van der Waals surface area contributed by atoms with Crippen LogP contribution in [0.4, 0.5) is 0 Å². The average Bonchev–Trinajstić information content (AvgIpc) is 2.31. The van der Waals surface area contributed by atoms with Crippen molar-refractivity contribution in [2.24, 2.45) is 11.7 Å². The monoisotopic (exact) mass is 319 g/mol. The van der Waals surface area contributed by atoms with E-state index < -0.39 is 20.9 Å². The number of carbonyl (C=O) groups excluding carboxylic acids is 1. The maximum Gasteiger partial charge on any atom is 0.261 e. The summed E-state index contributed by atoms with van der Waals surface area (Å²) in [7, 11) is 1.60. The number of ether oxygens (including phenoxy) is 1. The van der Waals surface area contributed by atoms with Crippen molar-refractivity contribution in [3.05, 3.63) is 22.8 Å². The van der Waals surface area contributed by atoms with Gasteiger partial charge in [0.05, 0.1) is 17.4 Å². The number of hydrogen-bond acceptors (Lipinski definition) is 4. The van der Waals surface area contributed by atoms with Gasteiger partial charge in [-0.15, -0.1) is 0 Å². The summed E-state index contributed by atoms with van der Waals surface area (Å²) in [5.41, 5.74) is 7.03. The van der Waals surface area contributed by atoms with Gasteiger partial charge in [-0.2, -0.15) is 0 Å². The molecule has 112 valence electrons. The van der Waals surface area contributed by atoms with Gasteiger partial charge in [-0.25, -0.2) is 8.42 Å². The minimum Gasteiger partial charge on any atom is -0.492 e. The summed E-state index contributed by atoms with van der Waals surface area (Å²) < 4.78 is 28.6. The Morgan fingerprint density at radius 2 is 1.90 bits per heavy atom. The van der Waals surface area contributed by atoms with Gasteiger partial charge >= 0.3 is 0 Å². The van der Waals surface area contributed by atoms with Crippen LogP contribution in [0.5, 0.6) is 5.75 Å². The zero-order chi connectivity index (χ0) is 15.7. The fourth-order valence-corrected chi connectivity index (χ4v) is 3.10. The number of aryl methyl sites for hydroxylation is 1. The molecule has 0 bridgehead atoms. The van der Waals surface area contributed by atoms with Gasteiger partial charge in [0.1, 0.15) is 5.75 Å². The normalized spacial score (nSPS) is 13.1. The number of halogens is 1. The number of nitrogens with two attached hydrogens (primary N) is 1. The van der Waals surface area contributed by atoms with Crippen LogP contribution in [0.1, 0.15) is 23.6 Å². The third-order valence-electron chi connectivity index (χ3n) is 3.20. The molecule has 1 atom stereocenters. The number of amides is 1. The largest absolute Gasteiger partial charge is 0.492 e. The predicted octanol–water partition coefficient (Wildman–Crippen LogP) is 2.04. The second-order valence-corrected chi connectivity index (χ2v) is 7.36. The van der Waals surface area contributed by atoms with E-state index >= 15 is 0 Å². The first-order valence-corrected chi connectivity index (χ1v) is 8.34. The Morgan fingerprint density at radius 1 is 1.35 bits per heavy atom. The van der Waals surface area contributed by atoms with Crippen LogP contribution in [0, 0.1) is 26.7 Å². The highest BCUT2D eigenvalue weighted by atomic mass is 35.7. The molecular weight excluding hydrogens is 302 g/mol. The smallest absolute Gasteiger partial charge is 0.261 e. The third-order valence-corrected chi connectivity index (χ3v) is 4.65. The van der Waals surface area contributed by atoms with Crippen molar-refractivity contribution in [1.82, 2.24) is 0 Å². The van der Waals surface area contributed by atoms with Crippen molar-refractivity contribution in [2.45, 2.75) is 32.6 Å². The molecule has 20 heavy (non-hydrogen) atoms. The molecule has 0 saturated heterocycles. The van der Waals surface area contributed by atoms with Crippen LogP contribution in [0.15, 0.2) is 11.0 Å². The minimum atomic E-state index is -3.80. The first-order valence-electron chi connectivity index (χ1n) is 6.03. The lowest BCUT2D eigenvalue weighted by molar-refractivity contribution is -0.122. The summed E-state index contributed by atoms with van der Waals surface area (Å²) in [6, 6.07) is 1.47. The van der Waals surface area contributed by atoms with Crippen LogP contribution in [0.2, 0.25) is 0 Å². The molecular formula is C13H18ClNO4S. The molecule has 0 fully saturated rings. The molecule has 0 saturated carbocycles. The predicted molar refractivity (Wildman–Crippen MR) is 77.5 cm³/mol. The van der Waals surface area contributed by atoms with E-state index in [1.54, 1.807) is 27.7 Å². The minimum absolute atomic E-state index is 0.0736. The van der Waals surface area contributed by atoms with E-state index in [0.717, 1.165) is 0 Å². The molecule has 1 aromatic rings. The zero-order valence-corrected chi connectivity index (χ0v) is 13.4. The van der Waals surface area contributed by atoms with Gasteiger partial charge in [-0.1, -0.05) is 6.92 Å². The van der Waals surface area contributed by atoms with E-state index in [0.29, 0.717) is 22.4 Å². The fraction of sp³-hybridized carbons (Fsp3) is 0.462. The third kappa shape index (κ3) is 3.64. The number of primary amides is 1. The summed E-state index contributed by atoms with van der Waals surface area (Å²) >= 11 is 0. The molecule has 0 radical (unpaired) electrons. The Morgan fingerprint density at radius 3 is 2.35 bits per heavy atom. The highest BCUT2D eigenvalue weighted by Crippen LogP contribution is 2.32. The standard InChI is InChI=1S/C13H18ClNO4S/c1-7-5-11(20(14,17)18)9(3)10(4)12(7)19-6-8(2)13(15)16/h5,8H,6H2,1-4H3,(H2,15,16). The molecule has 1 aromatic carbocycles. The fourth-order valence-electron chi connectivity index (χ4n) is 1.79.